The van der Waals surface area contributed by atoms with E-state index in [4.69, 9.17) is 4.74 Å². The smallest absolute Gasteiger partial charge is 0.101 e. The van der Waals surface area contributed by atoms with Crippen molar-refractivity contribution in [3.8, 4) is 0 Å². The Labute approximate surface area is 123 Å². The van der Waals surface area contributed by atoms with E-state index in [9.17, 15) is 10.2 Å². The molecule has 2 bridgehead atoms. The Bertz CT molecular complexity index is 409. The first kappa shape index (κ1) is 15.8. The fraction of sp³-hybridized carbons (Fsp3) is 0.882. The molecular weight excluding hydrogens is 252 g/mol. The Morgan fingerprint density at radius 3 is 2.50 bits per heavy atom. The number of ether oxygens (including phenoxy) is 1. The van der Waals surface area contributed by atoms with Crippen LogP contribution >= 0.6 is 0 Å². The van der Waals surface area contributed by atoms with Crippen LogP contribution in [-0.4, -0.2) is 28.5 Å². The highest BCUT2D eigenvalue weighted by Gasteiger charge is 2.61. The fourth-order valence-corrected chi connectivity index (χ4v) is 4.51. The molecule has 2 rings (SSSR count). The molecule has 0 unspecified atom stereocenters. The van der Waals surface area contributed by atoms with Crippen LogP contribution in [0.5, 0.6) is 0 Å². The van der Waals surface area contributed by atoms with Gasteiger partial charge in [0.15, 0.2) is 0 Å². The van der Waals surface area contributed by atoms with Crippen molar-refractivity contribution in [3.05, 3.63) is 11.8 Å². The maximum absolute atomic E-state index is 11.0. The number of hydrogen-bond donors (Lipinski definition) is 2. The molecule has 5 atom stereocenters. The minimum atomic E-state index is -0.739. The van der Waals surface area contributed by atoms with E-state index in [-0.39, 0.29) is 17.3 Å². The Kier molecular flexibility index (Phi) is 3.75. The van der Waals surface area contributed by atoms with Gasteiger partial charge in [0, 0.05) is 0 Å². The maximum Gasteiger partial charge on any atom is 0.101 e. The Morgan fingerprint density at radius 2 is 2.00 bits per heavy atom. The lowest BCUT2D eigenvalue weighted by molar-refractivity contribution is -0.184. The highest BCUT2D eigenvalue weighted by atomic mass is 16.5. The first-order chi connectivity index (χ1) is 9.07. The Morgan fingerprint density at radius 1 is 1.40 bits per heavy atom. The summed E-state index contributed by atoms with van der Waals surface area (Å²) >= 11 is 0. The van der Waals surface area contributed by atoms with Crippen LogP contribution < -0.4 is 0 Å². The van der Waals surface area contributed by atoms with Crippen LogP contribution in [0.1, 0.15) is 54.4 Å². The van der Waals surface area contributed by atoms with Gasteiger partial charge >= 0.3 is 0 Å². The second-order valence-corrected chi connectivity index (χ2v) is 7.80. The van der Waals surface area contributed by atoms with E-state index >= 15 is 0 Å². The molecule has 116 valence electrons. The highest BCUT2D eigenvalue weighted by Crippen LogP contribution is 2.61. The van der Waals surface area contributed by atoms with Gasteiger partial charge in [-0.1, -0.05) is 13.8 Å². The summed E-state index contributed by atoms with van der Waals surface area (Å²) in [7, 11) is 0. The average Bonchev–Trinajstić information content (AvgIpc) is 2.34. The van der Waals surface area contributed by atoms with Crippen molar-refractivity contribution in [2.75, 3.05) is 6.61 Å². The second-order valence-electron chi connectivity index (χ2n) is 7.80. The van der Waals surface area contributed by atoms with Gasteiger partial charge in [-0.3, -0.25) is 0 Å². The molecule has 0 amide bonds. The fourth-order valence-electron chi connectivity index (χ4n) is 4.51. The maximum atomic E-state index is 11.0. The van der Waals surface area contributed by atoms with E-state index in [2.05, 4.69) is 26.8 Å². The van der Waals surface area contributed by atoms with Crippen LogP contribution in [-0.2, 0) is 4.74 Å². The third kappa shape index (κ3) is 2.10. The normalized spacial score (nSPS) is 45.0. The number of aliphatic hydroxyl groups is 2. The van der Waals surface area contributed by atoms with E-state index in [0.29, 0.717) is 6.61 Å². The SMILES string of the molecule is CCOC1=CC[C@]2(C)C[C@H](C(C)(C)O)[C@@H](C)[C@@]1(C)[C@H]2O. The Hall–Kier alpha value is -0.540. The van der Waals surface area contributed by atoms with Crippen molar-refractivity contribution < 1.29 is 14.9 Å². The van der Waals surface area contributed by atoms with Gasteiger partial charge in [0.2, 0.25) is 0 Å². The van der Waals surface area contributed by atoms with Crippen LogP contribution in [0.2, 0.25) is 0 Å². The van der Waals surface area contributed by atoms with Crippen LogP contribution in [0, 0.1) is 22.7 Å². The van der Waals surface area contributed by atoms with Crippen molar-refractivity contribution in [1.82, 2.24) is 0 Å². The summed E-state index contributed by atoms with van der Waals surface area (Å²) in [5.74, 6) is 1.24. The summed E-state index contributed by atoms with van der Waals surface area (Å²) in [5, 5.41) is 21.5. The number of hydrogen-bond acceptors (Lipinski definition) is 3. The van der Waals surface area contributed by atoms with Crippen LogP contribution in [0.4, 0.5) is 0 Å². The zero-order chi connectivity index (χ0) is 15.3. The molecule has 0 heterocycles. The monoisotopic (exact) mass is 282 g/mol. The lowest BCUT2D eigenvalue weighted by Gasteiger charge is -2.60. The van der Waals surface area contributed by atoms with Crippen molar-refractivity contribution >= 4 is 0 Å². The molecule has 3 heteroatoms. The summed E-state index contributed by atoms with van der Waals surface area (Å²) in [6.07, 6.45) is 3.41. The molecule has 0 aromatic rings. The zero-order valence-corrected chi connectivity index (χ0v) is 13.7. The van der Waals surface area contributed by atoms with Crippen molar-refractivity contribution in [2.24, 2.45) is 22.7 Å². The molecule has 1 saturated carbocycles. The summed E-state index contributed by atoms with van der Waals surface area (Å²) in [5.41, 5.74) is -1.32. The predicted octanol–water partition coefficient (Wildman–Crippen LogP) is 3.11. The minimum Gasteiger partial charge on any atom is -0.498 e. The molecule has 2 aliphatic carbocycles. The summed E-state index contributed by atoms with van der Waals surface area (Å²) in [6.45, 7) is 12.7. The molecule has 20 heavy (non-hydrogen) atoms. The number of allylic oxidation sites excluding steroid dienone is 1. The quantitative estimate of drug-likeness (QED) is 0.836. The van der Waals surface area contributed by atoms with E-state index < -0.39 is 17.1 Å². The van der Waals surface area contributed by atoms with Gasteiger partial charge in [0.25, 0.3) is 0 Å². The van der Waals surface area contributed by atoms with Crippen LogP contribution in [0.3, 0.4) is 0 Å². The van der Waals surface area contributed by atoms with Gasteiger partial charge in [-0.25, -0.2) is 0 Å². The van der Waals surface area contributed by atoms with Gasteiger partial charge in [0.1, 0.15) is 5.76 Å². The Balaban J connectivity index is 2.50. The minimum absolute atomic E-state index is 0.157. The number of aliphatic hydroxyl groups excluding tert-OH is 1. The van der Waals surface area contributed by atoms with E-state index in [1.54, 1.807) is 0 Å². The largest absolute Gasteiger partial charge is 0.498 e. The molecular formula is C17H30O3. The molecule has 1 fully saturated rings. The molecule has 0 radical (unpaired) electrons. The predicted molar refractivity (Wildman–Crippen MR) is 80.1 cm³/mol. The number of rotatable bonds is 3. The average molecular weight is 282 g/mol. The molecule has 2 aliphatic rings. The molecule has 3 nitrogen and oxygen atoms in total. The molecule has 0 aromatic carbocycles. The van der Waals surface area contributed by atoms with E-state index in [0.717, 1.165) is 18.6 Å². The van der Waals surface area contributed by atoms with Crippen LogP contribution in [0.15, 0.2) is 11.8 Å². The summed E-state index contributed by atoms with van der Waals surface area (Å²) in [4.78, 5) is 0. The van der Waals surface area contributed by atoms with Crippen molar-refractivity contribution in [3.63, 3.8) is 0 Å². The summed E-state index contributed by atoms with van der Waals surface area (Å²) < 4.78 is 5.84. The third-order valence-electron chi connectivity index (χ3n) is 5.96. The van der Waals surface area contributed by atoms with Gasteiger partial charge in [0.05, 0.1) is 23.7 Å². The first-order valence-electron chi connectivity index (χ1n) is 7.81. The van der Waals surface area contributed by atoms with Crippen molar-refractivity contribution in [2.45, 2.75) is 66.1 Å². The zero-order valence-electron chi connectivity index (χ0n) is 13.7. The molecule has 0 aromatic heterocycles. The topological polar surface area (TPSA) is 49.7 Å². The molecule has 0 spiro atoms. The van der Waals surface area contributed by atoms with Gasteiger partial charge in [-0.15, -0.1) is 0 Å². The van der Waals surface area contributed by atoms with E-state index in [1.807, 2.05) is 20.8 Å². The molecule has 2 N–H and O–H groups in total. The van der Waals surface area contributed by atoms with Gasteiger partial charge in [-0.05, 0) is 63.9 Å². The highest BCUT2D eigenvalue weighted by molar-refractivity contribution is 5.24. The first-order valence-corrected chi connectivity index (χ1v) is 7.81. The second kappa shape index (κ2) is 4.74. The van der Waals surface area contributed by atoms with Gasteiger partial charge in [-0.2, -0.15) is 0 Å². The molecule has 0 saturated heterocycles. The lowest BCUT2D eigenvalue weighted by atomic mass is 9.47. The summed E-state index contributed by atoms with van der Waals surface area (Å²) in [6, 6.07) is 0. The van der Waals surface area contributed by atoms with Gasteiger partial charge < -0.3 is 14.9 Å². The standard InChI is InChI=1S/C17H30O3/c1-7-20-13-8-9-16(5)10-12(15(3,4)19)11(2)17(13,6)14(16)18/h8,11-12,14,18-19H,7,9-10H2,1-6H3/t11-,12+,14+,16-,17-/m1/s1. The van der Waals surface area contributed by atoms with E-state index in [1.165, 1.54) is 0 Å². The van der Waals surface area contributed by atoms with Crippen LogP contribution in [0.25, 0.3) is 0 Å². The lowest BCUT2D eigenvalue weighted by Crippen LogP contribution is -2.61. The third-order valence-corrected chi connectivity index (χ3v) is 5.96. The molecule has 0 aliphatic heterocycles. The number of fused-ring (bicyclic) bond motifs is 2. The van der Waals surface area contributed by atoms with Crippen molar-refractivity contribution in [1.29, 1.82) is 0 Å².